The van der Waals surface area contributed by atoms with Crippen LogP contribution in [0.15, 0.2) is 100 Å². The van der Waals surface area contributed by atoms with E-state index in [1.807, 2.05) is 91.9 Å². The quantitative estimate of drug-likeness (QED) is 0.552. The highest BCUT2D eigenvalue weighted by molar-refractivity contribution is 8.04. The van der Waals surface area contributed by atoms with Crippen molar-refractivity contribution in [1.29, 1.82) is 0 Å². The lowest BCUT2D eigenvalue weighted by Crippen LogP contribution is -2.34. The maximum atomic E-state index is 13.2. The van der Waals surface area contributed by atoms with E-state index >= 15 is 0 Å². The van der Waals surface area contributed by atoms with Crippen molar-refractivity contribution in [2.75, 3.05) is 11.9 Å². The number of nitrogens with one attached hydrogen (secondary N) is 1. The molecule has 0 radical (unpaired) electrons. The van der Waals surface area contributed by atoms with Crippen LogP contribution in [-0.4, -0.2) is 23.3 Å². The lowest BCUT2D eigenvalue weighted by Gasteiger charge is -2.15. The van der Waals surface area contributed by atoms with E-state index in [1.54, 1.807) is 0 Å². The second-order valence-electron chi connectivity index (χ2n) is 7.11. The summed E-state index contributed by atoms with van der Waals surface area (Å²) in [7, 11) is 0. The highest BCUT2D eigenvalue weighted by Crippen LogP contribution is 2.35. The molecule has 1 aliphatic heterocycles. The number of carbonyl (C=O) groups excluding carboxylic acids is 2. The predicted molar refractivity (Wildman–Crippen MR) is 121 cm³/mol. The maximum Gasteiger partial charge on any atom is 0.278 e. The summed E-state index contributed by atoms with van der Waals surface area (Å²) < 4.78 is 0. The van der Waals surface area contributed by atoms with E-state index in [1.165, 1.54) is 16.7 Å². The van der Waals surface area contributed by atoms with Crippen LogP contribution in [0.25, 0.3) is 0 Å². The standard InChI is InChI=1S/C25H22N2O2S/c1-18-9-8-12-20(17-18)26-22-23(30-21-13-6-3-7-14-21)25(29)27(24(22)28)16-15-19-10-4-2-5-11-19/h2-14,17,26H,15-16H2,1H3. The molecule has 0 aromatic heterocycles. The average molecular weight is 415 g/mol. The van der Waals surface area contributed by atoms with Gasteiger partial charge >= 0.3 is 0 Å². The molecule has 0 bridgehead atoms. The molecule has 3 aromatic carbocycles. The highest BCUT2D eigenvalue weighted by atomic mass is 32.2. The summed E-state index contributed by atoms with van der Waals surface area (Å²) in [4.78, 5) is 29.1. The molecular formula is C25H22N2O2S. The molecule has 1 aliphatic rings. The summed E-state index contributed by atoms with van der Waals surface area (Å²) in [6.45, 7) is 2.34. The number of anilines is 1. The molecule has 5 heteroatoms. The van der Waals surface area contributed by atoms with Crippen molar-refractivity contribution in [3.63, 3.8) is 0 Å². The molecule has 1 heterocycles. The SMILES string of the molecule is Cc1cccc(NC2=C(Sc3ccccc3)C(=O)N(CCc3ccccc3)C2=O)c1. The van der Waals surface area contributed by atoms with Gasteiger partial charge in [0.25, 0.3) is 11.8 Å². The van der Waals surface area contributed by atoms with Crippen molar-refractivity contribution in [1.82, 2.24) is 4.90 Å². The van der Waals surface area contributed by atoms with E-state index in [0.717, 1.165) is 21.7 Å². The minimum atomic E-state index is -0.282. The fourth-order valence-corrected chi connectivity index (χ4v) is 4.29. The largest absolute Gasteiger partial charge is 0.350 e. The smallest absolute Gasteiger partial charge is 0.278 e. The molecule has 0 atom stereocenters. The van der Waals surface area contributed by atoms with Crippen LogP contribution in [0, 0.1) is 6.92 Å². The molecule has 3 aromatic rings. The van der Waals surface area contributed by atoms with Crippen LogP contribution >= 0.6 is 11.8 Å². The van der Waals surface area contributed by atoms with Gasteiger partial charge in [-0.2, -0.15) is 0 Å². The first-order valence-corrected chi connectivity index (χ1v) is 10.6. The predicted octanol–water partition coefficient (Wildman–Crippen LogP) is 5.02. The maximum absolute atomic E-state index is 13.2. The summed E-state index contributed by atoms with van der Waals surface area (Å²) in [5, 5.41) is 3.21. The molecule has 0 spiro atoms. The van der Waals surface area contributed by atoms with Gasteiger partial charge in [-0.3, -0.25) is 14.5 Å². The molecule has 2 amide bonds. The van der Waals surface area contributed by atoms with Gasteiger partial charge in [-0.05, 0) is 48.7 Å². The Hall–Kier alpha value is -3.31. The van der Waals surface area contributed by atoms with Crippen LogP contribution in [0.3, 0.4) is 0 Å². The molecule has 150 valence electrons. The van der Waals surface area contributed by atoms with E-state index in [0.29, 0.717) is 23.6 Å². The fourth-order valence-electron chi connectivity index (χ4n) is 3.32. The summed E-state index contributed by atoms with van der Waals surface area (Å²) in [5.74, 6) is -0.532. The van der Waals surface area contributed by atoms with Crippen molar-refractivity contribution in [3.05, 3.63) is 107 Å². The number of benzene rings is 3. The Balaban J connectivity index is 1.61. The third kappa shape index (κ3) is 4.47. The molecular weight excluding hydrogens is 392 g/mol. The number of hydrogen-bond acceptors (Lipinski definition) is 4. The first-order chi connectivity index (χ1) is 14.6. The van der Waals surface area contributed by atoms with Gasteiger partial charge in [0.2, 0.25) is 0 Å². The summed E-state index contributed by atoms with van der Waals surface area (Å²) >= 11 is 1.33. The summed E-state index contributed by atoms with van der Waals surface area (Å²) in [6, 6.07) is 27.3. The minimum Gasteiger partial charge on any atom is -0.350 e. The van der Waals surface area contributed by atoms with Gasteiger partial charge in [-0.25, -0.2) is 0 Å². The van der Waals surface area contributed by atoms with E-state index in [9.17, 15) is 9.59 Å². The number of amides is 2. The Morgan fingerprint density at radius 2 is 1.53 bits per heavy atom. The number of rotatable bonds is 7. The first-order valence-electron chi connectivity index (χ1n) is 9.83. The molecule has 0 unspecified atom stereocenters. The number of carbonyl (C=O) groups is 2. The monoisotopic (exact) mass is 414 g/mol. The van der Waals surface area contributed by atoms with Crippen molar-refractivity contribution in [2.24, 2.45) is 0 Å². The summed E-state index contributed by atoms with van der Waals surface area (Å²) in [6.07, 6.45) is 0.624. The van der Waals surface area contributed by atoms with Crippen LogP contribution in [-0.2, 0) is 16.0 Å². The van der Waals surface area contributed by atoms with Crippen molar-refractivity contribution in [2.45, 2.75) is 18.2 Å². The molecule has 0 saturated carbocycles. The zero-order valence-electron chi connectivity index (χ0n) is 16.7. The fraction of sp³-hybridized carbons (Fsp3) is 0.120. The molecule has 1 N–H and O–H groups in total. The molecule has 4 rings (SSSR count). The topological polar surface area (TPSA) is 49.4 Å². The number of thioether (sulfide) groups is 1. The van der Waals surface area contributed by atoms with E-state index < -0.39 is 0 Å². The Kier molecular flexibility index (Phi) is 6.00. The van der Waals surface area contributed by atoms with Crippen LogP contribution in [0.1, 0.15) is 11.1 Å². The molecule has 0 fully saturated rings. The van der Waals surface area contributed by atoms with Crippen molar-refractivity contribution >= 4 is 29.3 Å². The van der Waals surface area contributed by atoms with Crippen LogP contribution in [0.2, 0.25) is 0 Å². The van der Waals surface area contributed by atoms with Crippen molar-refractivity contribution < 1.29 is 9.59 Å². The Labute approximate surface area is 180 Å². The van der Waals surface area contributed by atoms with E-state index in [4.69, 9.17) is 0 Å². The Bertz CT molecular complexity index is 1090. The van der Waals surface area contributed by atoms with Gasteiger partial charge in [0.15, 0.2) is 0 Å². The normalized spacial score (nSPS) is 13.8. The molecule has 30 heavy (non-hydrogen) atoms. The number of nitrogens with zero attached hydrogens (tertiary/aromatic N) is 1. The van der Waals surface area contributed by atoms with Gasteiger partial charge in [0, 0.05) is 17.1 Å². The zero-order chi connectivity index (χ0) is 20.9. The van der Waals surface area contributed by atoms with Crippen LogP contribution < -0.4 is 5.32 Å². The van der Waals surface area contributed by atoms with Gasteiger partial charge in [-0.15, -0.1) is 0 Å². The van der Waals surface area contributed by atoms with E-state index in [-0.39, 0.29) is 11.8 Å². The van der Waals surface area contributed by atoms with Crippen molar-refractivity contribution in [3.8, 4) is 0 Å². The van der Waals surface area contributed by atoms with Gasteiger partial charge in [0.05, 0.1) is 0 Å². The van der Waals surface area contributed by atoms with Gasteiger partial charge in [0.1, 0.15) is 10.6 Å². The van der Waals surface area contributed by atoms with E-state index in [2.05, 4.69) is 5.32 Å². The second-order valence-corrected chi connectivity index (χ2v) is 8.20. The number of imide groups is 1. The van der Waals surface area contributed by atoms with Crippen LogP contribution in [0.4, 0.5) is 5.69 Å². The first kappa shape index (κ1) is 20.0. The minimum absolute atomic E-state index is 0.250. The molecule has 0 aliphatic carbocycles. The number of aryl methyl sites for hydroxylation is 1. The lowest BCUT2D eigenvalue weighted by molar-refractivity contribution is -0.137. The Morgan fingerprint density at radius 1 is 0.833 bits per heavy atom. The highest BCUT2D eigenvalue weighted by Gasteiger charge is 2.38. The second kappa shape index (κ2) is 9.01. The average Bonchev–Trinajstić information content (AvgIpc) is 2.97. The molecule has 0 saturated heterocycles. The van der Waals surface area contributed by atoms with Gasteiger partial charge in [-0.1, -0.05) is 72.4 Å². The third-order valence-electron chi connectivity index (χ3n) is 4.84. The number of hydrogen-bond donors (Lipinski definition) is 1. The zero-order valence-corrected chi connectivity index (χ0v) is 17.5. The molecule has 4 nitrogen and oxygen atoms in total. The summed E-state index contributed by atoms with van der Waals surface area (Å²) in [5.41, 5.74) is 3.31. The van der Waals surface area contributed by atoms with Gasteiger partial charge < -0.3 is 5.32 Å². The lowest BCUT2D eigenvalue weighted by atomic mass is 10.1. The van der Waals surface area contributed by atoms with Crippen LogP contribution in [0.5, 0.6) is 0 Å². The third-order valence-corrected chi connectivity index (χ3v) is 5.93. The Morgan fingerprint density at radius 3 is 2.23 bits per heavy atom.